The smallest absolute Gasteiger partial charge is 0.407 e. The van der Waals surface area contributed by atoms with E-state index in [2.05, 4.69) is 16.4 Å². The maximum Gasteiger partial charge on any atom is 0.407 e. The van der Waals surface area contributed by atoms with Crippen LogP contribution in [0.1, 0.15) is 52.0 Å². The fourth-order valence-electron chi connectivity index (χ4n) is 3.41. The first-order valence-corrected chi connectivity index (χ1v) is 8.29. The molecule has 4 atom stereocenters. The lowest BCUT2D eigenvalue weighted by Gasteiger charge is -2.38. The van der Waals surface area contributed by atoms with Gasteiger partial charge in [-0.15, -0.1) is 0 Å². The predicted molar refractivity (Wildman–Crippen MR) is 92.0 cm³/mol. The Morgan fingerprint density at radius 1 is 1.46 bits per heavy atom. The SMILES string of the molecule is C[C@H]1C[C@@H](c2ccncc2N)C[C@@H](NC(=O)OC(C)(C)C)[C@H]1C#N. The molecule has 1 aliphatic carbocycles. The number of nitriles is 1. The van der Waals surface area contributed by atoms with Gasteiger partial charge in [-0.05, 0) is 57.1 Å². The average molecular weight is 330 g/mol. The van der Waals surface area contributed by atoms with Crippen molar-refractivity contribution in [1.29, 1.82) is 5.26 Å². The van der Waals surface area contributed by atoms with Gasteiger partial charge in [-0.25, -0.2) is 4.79 Å². The quantitative estimate of drug-likeness (QED) is 0.867. The third-order valence-corrected chi connectivity index (χ3v) is 4.42. The largest absolute Gasteiger partial charge is 0.444 e. The average Bonchev–Trinajstić information content (AvgIpc) is 2.45. The number of nitrogens with zero attached hydrogens (tertiary/aromatic N) is 2. The fraction of sp³-hybridized carbons (Fsp3) is 0.611. The highest BCUT2D eigenvalue weighted by molar-refractivity contribution is 5.68. The summed E-state index contributed by atoms with van der Waals surface area (Å²) in [5.74, 6) is 0.102. The summed E-state index contributed by atoms with van der Waals surface area (Å²) < 4.78 is 5.34. The molecule has 0 unspecified atom stereocenters. The Balaban J connectivity index is 2.17. The molecule has 6 heteroatoms. The van der Waals surface area contributed by atoms with Gasteiger partial charge >= 0.3 is 6.09 Å². The van der Waals surface area contributed by atoms with Gasteiger partial charge in [0.05, 0.1) is 23.9 Å². The van der Waals surface area contributed by atoms with Crippen LogP contribution in [0.5, 0.6) is 0 Å². The Kier molecular flexibility index (Phi) is 5.33. The van der Waals surface area contributed by atoms with E-state index in [-0.39, 0.29) is 23.8 Å². The molecular weight excluding hydrogens is 304 g/mol. The summed E-state index contributed by atoms with van der Waals surface area (Å²) in [5.41, 5.74) is 7.17. The summed E-state index contributed by atoms with van der Waals surface area (Å²) in [6, 6.07) is 4.01. The van der Waals surface area contributed by atoms with Gasteiger partial charge < -0.3 is 15.8 Å². The van der Waals surface area contributed by atoms with Gasteiger partial charge in [0.1, 0.15) is 5.60 Å². The van der Waals surface area contributed by atoms with Crippen LogP contribution in [-0.4, -0.2) is 22.7 Å². The van der Waals surface area contributed by atoms with Crippen LogP contribution in [0.15, 0.2) is 18.5 Å². The molecule has 1 amide bonds. The number of pyridine rings is 1. The zero-order chi connectivity index (χ0) is 17.9. The van der Waals surface area contributed by atoms with Crippen molar-refractivity contribution in [3.63, 3.8) is 0 Å². The molecular formula is C18H26N4O2. The molecule has 0 saturated heterocycles. The van der Waals surface area contributed by atoms with Gasteiger partial charge in [0, 0.05) is 12.2 Å². The van der Waals surface area contributed by atoms with Crippen LogP contribution in [0.3, 0.4) is 0 Å². The zero-order valence-corrected chi connectivity index (χ0v) is 14.7. The molecule has 1 aromatic rings. The van der Waals surface area contributed by atoms with Gasteiger partial charge in [-0.2, -0.15) is 5.26 Å². The summed E-state index contributed by atoms with van der Waals surface area (Å²) in [6.45, 7) is 7.50. The van der Waals surface area contributed by atoms with Crippen LogP contribution in [0, 0.1) is 23.2 Å². The van der Waals surface area contributed by atoms with Crippen molar-refractivity contribution in [2.45, 2.75) is 58.1 Å². The summed E-state index contributed by atoms with van der Waals surface area (Å²) in [7, 11) is 0. The molecule has 1 aromatic heterocycles. The Labute approximate surface area is 143 Å². The summed E-state index contributed by atoms with van der Waals surface area (Å²) in [4.78, 5) is 16.2. The minimum atomic E-state index is -0.568. The Morgan fingerprint density at radius 3 is 2.75 bits per heavy atom. The molecule has 0 bridgehead atoms. The first kappa shape index (κ1) is 18.1. The van der Waals surface area contributed by atoms with Crippen LogP contribution in [0.4, 0.5) is 10.5 Å². The van der Waals surface area contributed by atoms with E-state index in [1.165, 1.54) is 0 Å². The van der Waals surface area contributed by atoms with E-state index in [4.69, 9.17) is 10.5 Å². The zero-order valence-electron chi connectivity index (χ0n) is 14.7. The number of amides is 1. The number of nitrogen functional groups attached to an aromatic ring is 1. The van der Waals surface area contributed by atoms with Gasteiger partial charge in [-0.3, -0.25) is 4.98 Å². The predicted octanol–water partition coefficient (Wildman–Crippen LogP) is 3.21. The van der Waals surface area contributed by atoms with Crippen molar-refractivity contribution in [3.8, 4) is 6.07 Å². The number of anilines is 1. The van der Waals surface area contributed by atoms with Gasteiger partial charge in [-0.1, -0.05) is 6.92 Å². The molecule has 24 heavy (non-hydrogen) atoms. The molecule has 1 heterocycles. The van der Waals surface area contributed by atoms with Gasteiger partial charge in [0.2, 0.25) is 0 Å². The second-order valence-electron chi connectivity index (χ2n) is 7.56. The van der Waals surface area contributed by atoms with E-state index in [9.17, 15) is 10.1 Å². The van der Waals surface area contributed by atoms with Crippen LogP contribution >= 0.6 is 0 Å². The third-order valence-electron chi connectivity index (χ3n) is 4.42. The number of nitrogens with one attached hydrogen (secondary N) is 1. The van der Waals surface area contributed by atoms with Crippen LogP contribution < -0.4 is 11.1 Å². The van der Waals surface area contributed by atoms with E-state index in [1.807, 2.05) is 33.8 Å². The van der Waals surface area contributed by atoms with Crippen molar-refractivity contribution in [2.24, 2.45) is 11.8 Å². The molecule has 6 nitrogen and oxygen atoms in total. The summed E-state index contributed by atoms with van der Waals surface area (Å²) >= 11 is 0. The number of nitrogens with two attached hydrogens (primary N) is 1. The monoisotopic (exact) mass is 330 g/mol. The lowest BCUT2D eigenvalue weighted by molar-refractivity contribution is 0.0462. The van der Waals surface area contributed by atoms with Crippen molar-refractivity contribution >= 4 is 11.8 Å². The molecule has 0 aliphatic heterocycles. The second-order valence-corrected chi connectivity index (χ2v) is 7.56. The standard InChI is InChI=1S/C18H26N4O2/c1-11-7-12(13-5-6-21-10-15(13)20)8-16(14(11)9-19)22-17(23)24-18(2,3)4/h5-6,10-12,14,16H,7-8,20H2,1-4H3,(H,22,23)/t11-,12+,14-,16+/m0/s1. The van der Waals surface area contributed by atoms with Gasteiger partial charge in [0.25, 0.3) is 0 Å². The molecule has 1 saturated carbocycles. The first-order valence-electron chi connectivity index (χ1n) is 8.29. The van der Waals surface area contributed by atoms with Crippen LogP contribution in [0.25, 0.3) is 0 Å². The van der Waals surface area contributed by atoms with Crippen molar-refractivity contribution in [1.82, 2.24) is 10.3 Å². The van der Waals surface area contributed by atoms with E-state index >= 15 is 0 Å². The van der Waals surface area contributed by atoms with Crippen LogP contribution in [0.2, 0.25) is 0 Å². The maximum absolute atomic E-state index is 12.1. The second kappa shape index (κ2) is 7.08. The normalized spacial score (nSPS) is 27.1. The Bertz CT molecular complexity index is 633. The van der Waals surface area contributed by atoms with E-state index in [1.54, 1.807) is 12.4 Å². The Hall–Kier alpha value is -2.29. The molecule has 0 aromatic carbocycles. The summed E-state index contributed by atoms with van der Waals surface area (Å²) in [5, 5.41) is 12.4. The molecule has 2 rings (SSSR count). The maximum atomic E-state index is 12.1. The highest BCUT2D eigenvalue weighted by Crippen LogP contribution is 2.41. The fourth-order valence-corrected chi connectivity index (χ4v) is 3.41. The highest BCUT2D eigenvalue weighted by Gasteiger charge is 2.38. The van der Waals surface area contributed by atoms with Crippen molar-refractivity contribution in [2.75, 3.05) is 5.73 Å². The molecule has 0 spiro atoms. The number of alkyl carbamates (subject to hydrolysis) is 1. The molecule has 3 N–H and O–H groups in total. The first-order chi connectivity index (χ1) is 11.2. The molecule has 1 aliphatic rings. The van der Waals surface area contributed by atoms with Crippen LogP contribution in [-0.2, 0) is 4.74 Å². The number of hydrogen-bond donors (Lipinski definition) is 2. The lowest BCUT2D eigenvalue weighted by atomic mass is 9.70. The lowest BCUT2D eigenvalue weighted by Crippen LogP contribution is -2.47. The topological polar surface area (TPSA) is 101 Å². The van der Waals surface area contributed by atoms with E-state index < -0.39 is 11.7 Å². The molecule has 130 valence electrons. The van der Waals surface area contributed by atoms with Crippen molar-refractivity contribution < 1.29 is 9.53 Å². The number of rotatable bonds is 2. The van der Waals surface area contributed by atoms with E-state index in [0.717, 1.165) is 12.0 Å². The minimum absolute atomic E-state index is 0.154. The van der Waals surface area contributed by atoms with Crippen molar-refractivity contribution in [3.05, 3.63) is 24.0 Å². The minimum Gasteiger partial charge on any atom is -0.444 e. The highest BCUT2D eigenvalue weighted by atomic mass is 16.6. The number of hydrogen-bond acceptors (Lipinski definition) is 5. The van der Waals surface area contributed by atoms with Gasteiger partial charge in [0.15, 0.2) is 0 Å². The number of aromatic nitrogens is 1. The summed E-state index contributed by atoms with van der Waals surface area (Å²) in [6.07, 6.45) is 4.41. The van der Waals surface area contributed by atoms with E-state index in [0.29, 0.717) is 12.1 Å². The molecule has 1 fully saturated rings. The Morgan fingerprint density at radius 2 is 2.17 bits per heavy atom. The third kappa shape index (κ3) is 4.38. The molecule has 0 radical (unpaired) electrons. The number of carbonyl (C=O) groups excluding carboxylic acids is 1. The number of ether oxygens (including phenoxy) is 1. The number of carbonyl (C=O) groups is 1.